The van der Waals surface area contributed by atoms with E-state index in [4.69, 9.17) is 0 Å². The highest BCUT2D eigenvalue weighted by molar-refractivity contribution is 5.93. The van der Waals surface area contributed by atoms with Gasteiger partial charge in [-0.3, -0.25) is 19.0 Å². The molecule has 1 atom stereocenters. The molecule has 1 N–H and O–H groups in total. The highest BCUT2D eigenvalue weighted by Gasteiger charge is 2.28. The first-order valence-corrected chi connectivity index (χ1v) is 10.2. The van der Waals surface area contributed by atoms with Gasteiger partial charge in [-0.2, -0.15) is 0 Å². The number of rotatable bonds is 5. The van der Waals surface area contributed by atoms with E-state index in [1.807, 2.05) is 36.4 Å². The molecule has 0 spiro atoms. The molecule has 3 aromatic rings. The molecule has 2 heterocycles. The maximum atomic E-state index is 12.7. The number of hydrogen-bond acceptors (Lipinski definition) is 4. The van der Waals surface area contributed by atoms with Crippen LogP contribution >= 0.6 is 0 Å². The van der Waals surface area contributed by atoms with Crippen LogP contribution in [-0.4, -0.2) is 39.4 Å². The third-order valence-corrected chi connectivity index (χ3v) is 5.48. The molecule has 1 aliphatic heterocycles. The van der Waals surface area contributed by atoms with Gasteiger partial charge in [0.25, 0.3) is 5.56 Å². The minimum atomic E-state index is -0.229. The molecule has 7 heteroatoms. The van der Waals surface area contributed by atoms with Crippen LogP contribution in [0.5, 0.6) is 0 Å². The average Bonchev–Trinajstić information content (AvgIpc) is 2.79. The number of benzene rings is 2. The molecule has 1 unspecified atom stereocenters. The van der Waals surface area contributed by atoms with Crippen molar-refractivity contribution in [2.45, 2.75) is 25.8 Å². The Kier molecular flexibility index (Phi) is 5.88. The van der Waals surface area contributed by atoms with Crippen molar-refractivity contribution in [1.29, 1.82) is 0 Å². The second-order valence-corrected chi connectivity index (χ2v) is 7.54. The maximum absolute atomic E-state index is 12.7. The molecular weight excluding hydrogens is 380 g/mol. The van der Waals surface area contributed by atoms with Gasteiger partial charge in [0, 0.05) is 31.7 Å². The largest absolute Gasteiger partial charge is 0.342 e. The zero-order valence-electron chi connectivity index (χ0n) is 16.7. The topological polar surface area (TPSA) is 84.3 Å². The number of aryl methyl sites for hydroxylation is 1. The number of nitrogens with zero attached hydrogens (tertiary/aromatic N) is 3. The summed E-state index contributed by atoms with van der Waals surface area (Å²) in [6.45, 7) is 1.31. The van der Waals surface area contributed by atoms with Gasteiger partial charge in [0.15, 0.2) is 0 Å². The van der Waals surface area contributed by atoms with Gasteiger partial charge in [-0.15, -0.1) is 0 Å². The van der Waals surface area contributed by atoms with Gasteiger partial charge < -0.3 is 10.2 Å². The normalized spacial score (nSPS) is 16.4. The first kappa shape index (κ1) is 19.8. The summed E-state index contributed by atoms with van der Waals surface area (Å²) < 4.78 is 1.48. The predicted octanol–water partition coefficient (Wildman–Crippen LogP) is 2.66. The van der Waals surface area contributed by atoms with Crippen molar-refractivity contribution < 1.29 is 9.59 Å². The van der Waals surface area contributed by atoms with Crippen molar-refractivity contribution in [1.82, 2.24) is 14.5 Å². The van der Waals surface area contributed by atoms with E-state index in [1.165, 1.54) is 10.9 Å². The number of fused-ring (bicyclic) bond motifs is 1. The fraction of sp³-hybridized carbons (Fsp3) is 0.304. The van der Waals surface area contributed by atoms with E-state index in [9.17, 15) is 14.4 Å². The fourth-order valence-electron chi connectivity index (χ4n) is 3.82. The molecule has 1 fully saturated rings. The zero-order chi connectivity index (χ0) is 20.9. The molecule has 0 aliphatic carbocycles. The summed E-state index contributed by atoms with van der Waals surface area (Å²) in [6, 6.07) is 16.5. The van der Waals surface area contributed by atoms with Crippen LogP contribution in [-0.2, 0) is 16.1 Å². The monoisotopic (exact) mass is 404 g/mol. The van der Waals surface area contributed by atoms with Crippen LogP contribution in [0.25, 0.3) is 10.9 Å². The lowest BCUT2D eigenvalue weighted by molar-refractivity contribution is -0.134. The molecule has 0 radical (unpaired) electrons. The van der Waals surface area contributed by atoms with E-state index < -0.39 is 0 Å². The lowest BCUT2D eigenvalue weighted by atomic mass is 9.96. The average molecular weight is 404 g/mol. The second-order valence-electron chi connectivity index (χ2n) is 7.54. The molecule has 2 aromatic carbocycles. The van der Waals surface area contributed by atoms with Crippen LogP contribution in [0.2, 0.25) is 0 Å². The molecule has 30 heavy (non-hydrogen) atoms. The first-order valence-electron chi connectivity index (χ1n) is 10.2. The SMILES string of the molecule is O=C(Nc1ccccc1)C1CCCN(C(=O)CCn2cnc3ccccc3c2=O)C1. The molecule has 154 valence electrons. The Balaban J connectivity index is 1.36. The van der Waals surface area contributed by atoms with E-state index in [0.717, 1.165) is 18.5 Å². The van der Waals surface area contributed by atoms with Crippen molar-refractivity contribution in [2.75, 3.05) is 18.4 Å². The van der Waals surface area contributed by atoms with E-state index in [1.54, 1.807) is 23.1 Å². The Morgan fingerprint density at radius 3 is 2.67 bits per heavy atom. The summed E-state index contributed by atoms with van der Waals surface area (Å²) in [5, 5.41) is 3.47. The molecule has 1 aliphatic rings. The van der Waals surface area contributed by atoms with Crippen molar-refractivity contribution in [3.8, 4) is 0 Å². The smallest absolute Gasteiger partial charge is 0.261 e. The summed E-state index contributed by atoms with van der Waals surface area (Å²) >= 11 is 0. The Morgan fingerprint density at radius 1 is 1.07 bits per heavy atom. The number of nitrogens with one attached hydrogen (secondary N) is 1. The molecule has 2 amide bonds. The van der Waals surface area contributed by atoms with Crippen LogP contribution in [0, 0.1) is 5.92 Å². The zero-order valence-corrected chi connectivity index (χ0v) is 16.7. The van der Waals surface area contributed by atoms with Crippen LogP contribution in [0.4, 0.5) is 5.69 Å². The second kappa shape index (κ2) is 8.90. The number of carbonyl (C=O) groups is 2. The highest BCUT2D eigenvalue weighted by Crippen LogP contribution is 2.19. The van der Waals surface area contributed by atoms with E-state index in [-0.39, 0.29) is 36.3 Å². The minimum absolute atomic E-state index is 0.0488. The van der Waals surface area contributed by atoms with Gasteiger partial charge in [0.1, 0.15) is 0 Å². The quantitative estimate of drug-likeness (QED) is 0.709. The molecule has 1 aromatic heterocycles. The summed E-state index contributed by atoms with van der Waals surface area (Å²) in [4.78, 5) is 43.9. The molecule has 0 saturated carbocycles. The Bertz CT molecular complexity index is 1110. The van der Waals surface area contributed by atoms with E-state index in [2.05, 4.69) is 10.3 Å². The number of aromatic nitrogens is 2. The molecule has 1 saturated heterocycles. The van der Waals surface area contributed by atoms with Gasteiger partial charge in [-0.05, 0) is 37.1 Å². The number of anilines is 1. The third-order valence-electron chi connectivity index (χ3n) is 5.48. The lowest BCUT2D eigenvalue weighted by Gasteiger charge is -2.32. The predicted molar refractivity (Wildman–Crippen MR) is 115 cm³/mol. The first-order chi connectivity index (χ1) is 14.6. The molecule has 7 nitrogen and oxygen atoms in total. The van der Waals surface area contributed by atoms with Gasteiger partial charge >= 0.3 is 0 Å². The van der Waals surface area contributed by atoms with E-state index >= 15 is 0 Å². The van der Waals surface area contributed by atoms with Crippen LogP contribution in [0.15, 0.2) is 65.7 Å². The van der Waals surface area contributed by atoms with Gasteiger partial charge in [-0.25, -0.2) is 4.98 Å². The molecule has 4 rings (SSSR count). The third kappa shape index (κ3) is 4.40. The fourth-order valence-corrected chi connectivity index (χ4v) is 3.82. The van der Waals surface area contributed by atoms with Crippen molar-refractivity contribution in [2.24, 2.45) is 5.92 Å². The number of hydrogen-bond donors (Lipinski definition) is 1. The van der Waals surface area contributed by atoms with Crippen LogP contribution in [0.3, 0.4) is 0 Å². The summed E-state index contributed by atoms with van der Waals surface area (Å²) in [7, 11) is 0. The Labute approximate surface area is 174 Å². The Morgan fingerprint density at radius 2 is 1.83 bits per heavy atom. The maximum Gasteiger partial charge on any atom is 0.261 e. The van der Waals surface area contributed by atoms with Crippen LogP contribution < -0.4 is 10.9 Å². The van der Waals surface area contributed by atoms with Gasteiger partial charge in [0.05, 0.1) is 23.1 Å². The number of para-hydroxylation sites is 2. The number of likely N-dealkylation sites (tertiary alicyclic amines) is 1. The number of carbonyl (C=O) groups excluding carboxylic acids is 2. The molecule has 0 bridgehead atoms. The number of piperidine rings is 1. The number of amides is 2. The highest BCUT2D eigenvalue weighted by atomic mass is 16.2. The lowest BCUT2D eigenvalue weighted by Crippen LogP contribution is -2.44. The molecular formula is C23H24N4O3. The van der Waals surface area contributed by atoms with Crippen molar-refractivity contribution in [3.05, 3.63) is 71.3 Å². The van der Waals surface area contributed by atoms with E-state index in [0.29, 0.717) is 24.0 Å². The van der Waals surface area contributed by atoms with Gasteiger partial charge in [-0.1, -0.05) is 30.3 Å². The summed E-state index contributed by atoms with van der Waals surface area (Å²) in [6.07, 6.45) is 3.24. The Hall–Kier alpha value is -3.48. The van der Waals surface area contributed by atoms with Crippen LogP contribution in [0.1, 0.15) is 19.3 Å². The van der Waals surface area contributed by atoms with Crippen molar-refractivity contribution >= 4 is 28.4 Å². The summed E-state index contributed by atoms with van der Waals surface area (Å²) in [5.41, 5.74) is 1.26. The van der Waals surface area contributed by atoms with Crippen molar-refractivity contribution in [3.63, 3.8) is 0 Å². The summed E-state index contributed by atoms with van der Waals surface area (Å²) in [5.74, 6) is -0.339. The standard InChI is InChI=1S/C23H24N4O3/c28-21(12-14-27-16-24-20-11-5-4-10-19(20)23(27)30)26-13-6-7-17(15-26)22(29)25-18-8-2-1-3-9-18/h1-5,8-11,16-17H,6-7,12-15H2,(H,25,29). The minimum Gasteiger partial charge on any atom is -0.342 e. The van der Waals surface area contributed by atoms with Gasteiger partial charge in [0.2, 0.25) is 11.8 Å².